The maximum Gasteiger partial charge on any atom is 0.370 e. The van der Waals surface area contributed by atoms with Crippen molar-refractivity contribution >= 4 is 5.97 Å². The summed E-state index contributed by atoms with van der Waals surface area (Å²) >= 11 is 0. The molecule has 4 heteroatoms. The van der Waals surface area contributed by atoms with Crippen LogP contribution in [0.4, 0.5) is 0 Å². The van der Waals surface area contributed by atoms with E-state index in [-0.39, 0.29) is 11.9 Å². The molecule has 0 amide bonds. The number of carbonyl (C=O) groups is 1. The first-order chi connectivity index (χ1) is 6.74. The van der Waals surface area contributed by atoms with E-state index in [1.807, 2.05) is 6.92 Å². The molecule has 0 aromatic carbocycles. The van der Waals surface area contributed by atoms with Crippen LogP contribution in [-0.4, -0.2) is 30.4 Å². The van der Waals surface area contributed by atoms with Gasteiger partial charge in [-0.05, 0) is 25.3 Å². The van der Waals surface area contributed by atoms with Crippen molar-refractivity contribution in [2.45, 2.75) is 32.3 Å². The van der Waals surface area contributed by atoms with Gasteiger partial charge in [-0.2, -0.15) is 0 Å². The summed E-state index contributed by atoms with van der Waals surface area (Å²) in [6.45, 7) is 2.98. The number of hydrogen-bond donors (Lipinski definition) is 1. The van der Waals surface area contributed by atoms with Gasteiger partial charge in [0.1, 0.15) is 6.61 Å². The zero-order valence-corrected chi connectivity index (χ0v) is 8.36. The molecule has 0 aliphatic carbocycles. The van der Waals surface area contributed by atoms with Gasteiger partial charge in [-0.1, -0.05) is 6.92 Å². The zero-order chi connectivity index (χ0) is 10.4. The molecule has 1 aliphatic heterocycles. The Morgan fingerprint density at radius 1 is 1.71 bits per heavy atom. The number of rotatable bonds is 5. The lowest BCUT2D eigenvalue weighted by atomic mass is 10.2. The summed E-state index contributed by atoms with van der Waals surface area (Å²) in [5.74, 6) is -0.979. The number of allylic oxidation sites excluding steroid dienone is 1. The van der Waals surface area contributed by atoms with Gasteiger partial charge in [0.25, 0.3) is 0 Å². The van der Waals surface area contributed by atoms with Crippen LogP contribution in [0.25, 0.3) is 0 Å². The Hall–Kier alpha value is -1.03. The van der Waals surface area contributed by atoms with Crippen LogP contribution in [0, 0.1) is 0 Å². The highest BCUT2D eigenvalue weighted by molar-refractivity contribution is 5.84. The Balaban J connectivity index is 2.32. The highest BCUT2D eigenvalue weighted by atomic mass is 16.5. The quantitative estimate of drug-likeness (QED) is 0.540. The first-order valence-electron chi connectivity index (χ1n) is 4.92. The molecule has 1 atom stereocenters. The number of carboxylic acids is 1. The summed E-state index contributed by atoms with van der Waals surface area (Å²) in [7, 11) is 0. The lowest BCUT2D eigenvalue weighted by Crippen LogP contribution is -2.16. The van der Waals surface area contributed by atoms with E-state index >= 15 is 0 Å². The first kappa shape index (κ1) is 11.0. The van der Waals surface area contributed by atoms with Gasteiger partial charge < -0.3 is 14.6 Å². The zero-order valence-electron chi connectivity index (χ0n) is 8.36. The molecule has 0 aromatic rings. The molecular weight excluding hydrogens is 184 g/mol. The predicted molar refractivity (Wildman–Crippen MR) is 50.9 cm³/mol. The van der Waals surface area contributed by atoms with Crippen molar-refractivity contribution in [3.63, 3.8) is 0 Å². The minimum absolute atomic E-state index is 0.0306. The van der Waals surface area contributed by atoms with E-state index in [1.54, 1.807) is 6.08 Å². The summed E-state index contributed by atoms with van der Waals surface area (Å²) in [5.41, 5.74) is 0. The van der Waals surface area contributed by atoms with Gasteiger partial charge in [0, 0.05) is 6.61 Å². The third kappa shape index (κ3) is 3.38. The molecule has 1 rings (SSSR count). The summed E-state index contributed by atoms with van der Waals surface area (Å²) in [5, 5.41) is 8.74. The molecule has 1 aliphatic rings. The number of hydrogen-bond acceptors (Lipinski definition) is 3. The van der Waals surface area contributed by atoms with Crippen molar-refractivity contribution in [3.8, 4) is 0 Å². The molecule has 4 nitrogen and oxygen atoms in total. The van der Waals surface area contributed by atoms with Gasteiger partial charge in [0.15, 0.2) is 5.76 Å². The van der Waals surface area contributed by atoms with E-state index in [9.17, 15) is 4.79 Å². The number of carboxylic acid groups (broad SMARTS) is 1. The molecule has 0 radical (unpaired) electrons. The molecule has 14 heavy (non-hydrogen) atoms. The second-order valence-electron chi connectivity index (χ2n) is 3.23. The predicted octanol–water partition coefficient (Wildman–Crippen LogP) is 1.56. The average molecular weight is 200 g/mol. The lowest BCUT2D eigenvalue weighted by Gasteiger charge is -2.11. The van der Waals surface area contributed by atoms with E-state index in [0.29, 0.717) is 13.0 Å². The minimum Gasteiger partial charge on any atom is -0.484 e. The minimum atomic E-state index is -1.01. The molecule has 80 valence electrons. The van der Waals surface area contributed by atoms with E-state index < -0.39 is 5.97 Å². The molecule has 0 saturated carbocycles. The van der Waals surface area contributed by atoms with Crippen LogP contribution < -0.4 is 0 Å². The van der Waals surface area contributed by atoms with Gasteiger partial charge in [0.05, 0.1) is 6.10 Å². The summed E-state index contributed by atoms with van der Waals surface area (Å²) in [4.78, 5) is 10.7. The fourth-order valence-electron chi connectivity index (χ4n) is 1.35. The molecule has 1 N–H and O–H groups in total. The Kier molecular flexibility index (Phi) is 4.46. The molecule has 1 fully saturated rings. The molecule has 1 heterocycles. The summed E-state index contributed by atoms with van der Waals surface area (Å²) in [6, 6.07) is 0. The van der Waals surface area contributed by atoms with Crippen molar-refractivity contribution in [1.29, 1.82) is 0 Å². The molecule has 0 bridgehead atoms. The third-order valence-electron chi connectivity index (χ3n) is 2.05. The van der Waals surface area contributed by atoms with E-state index in [4.69, 9.17) is 14.6 Å². The van der Waals surface area contributed by atoms with Crippen molar-refractivity contribution in [2.24, 2.45) is 0 Å². The van der Waals surface area contributed by atoms with Gasteiger partial charge in [-0.3, -0.25) is 0 Å². The monoisotopic (exact) mass is 200 g/mol. The fourth-order valence-corrected chi connectivity index (χ4v) is 1.35. The van der Waals surface area contributed by atoms with Crippen LogP contribution in [0.5, 0.6) is 0 Å². The first-order valence-corrected chi connectivity index (χ1v) is 4.92. The largest absolute Gasteiger partial charge is 0.484 e. The third-order valence-corrected chi connectivity index (χ3v) is 2.05. The standard InChI is InChI=1S/C10H16O4/c1-2-4-9(10(11)12)14-7-8-5-3-6-13-8/h4,8H,2-3,5-7H2,1H3,(H,11,12)/b9-4+. The average Bonchev–Trinajstić information content (AvgIpc) is 2.64. The molecule has 0 spiro atoms. The fraction of sp³-hybridized carbons (Fsp3) is 0.700. The molecule has 1 saturated heterocycles. The normalized spacial score (nSPS) is 22.4. The Labute approximate surface area is 83.5 Å². The van der Waals surface area contributed by atoms with Crippen molar-refractivity contribution in [2.75, 3.05) is 13.2 Å². The second kappa shape index (κ2) is 5.65. The summed E-state index contributed by atoms with van der Waals surface area (Å²) < 4.78 is 10.5. The van der Waals surface area contributed by atoms with Gasteiger partial charge in [0.2, 0.25) is 0 Å². The van der Waals surface area contributed by atoms with Crippen molar-refractivity contribution < 1.29 is 19.4 Å². The summed E-state index contributed by atoms with van der Waals surface area (Å²) in [6.07, 6.45) is 4.28. The number of ether oxygens (including phenoxy) is 2. The van der Waals surface area contributed by atoms with Crippen LogP contribution in [0.1, 0.15) is 26.2 Å². The highest BCUT2D eigenvalue weighted by Gasteiger charge is 2.18. The maximum atomic E-state index is 10.7. The highest BCUT2D eigenvalue weighted by Crippen LogP contribution is 2.13. The Bertz CT molecular complexity index is 216. The van der Waals surface area contributed by atoms with Gasteiger partial charge in [-0.25, -0.2) is 4.79 Å². The van der Waals surface area contributed by atoms with Crippen LogP contribution in [0.3, 0.4) is 0 Å². The van der Waals surface area contributed by atoms with Gasteiger partial charge in [-0.15, -0.1) is 0 Å². The smallest absolute Gasteiger partial charge is 0.370 e. The van der Waals surface area contributed by atoms with Gasteiger partial charge >= 0.3 is 5.97 Å². The van der Waals surface area contributed by atoms with Crippen LogP contribution in [0.2, 0.25) is 0 Å². The Morgan fingerprint density at radius 3 is 3.00 bits per heavy atom. The number of aliphatic carboxylic acids is 1. The van der Waals surface area contributed by atoms with Crippen LogP contribution in [0.15, 0.2) is 11.8 Å². The second-order valence-corrected chi connectivity index (χ2v) is 3.23. The molecule has 1 unspecified atom stereocenters. The van der Waals surface area contributed by atoms with E-state index in [1.165, 1.54) is 0 Å². The van der Waals surface area contributed by atoms with Crippen LogP contribution in [-0.2, 0) is 14.3 Å². The maximum absolute atomic E-state index is 10.7. The molecular formula is C10H16O4. The van der Waals surface area contributed by atoms with E-state index in [0.717, 1.165) is 19.4 Å². The van der Waals surface area contributed by atoms with Crippen LogP contribution >= 0.6 is 0 Å². The van der Waals surface area contributed by atoms with E-state index in [2.05, 4.69) is 0 Å². The topological polar surface area (TPSA) is 55.8 Å². The lowest BCUT2D eigenvalue weighted by molar-refractivity contribution is -0.137. The molecule has 0 aromatic heterocycles. The SMILES string of the molecule is CC/C=C(/OCC1CCCO1)C(=O)O. The van der Waals surface area contributed by atoms with Crippen molar-refractivity contribution in [3.05, 3.63) is 11.8 Å². The Morgan fingerprint density at radius 2 is 2.50 bits per heavy atom. The van der Waals surface area contributed by atoms with Crippen molar-refractivity contribution in [1.82, 2.24) is 0 Å².